The molecule has 0 atom stereocenters. The van der Waals surface area contributed by atoms with Gasteiger partial charge in [-0.05, 0) is 23.8 Å². The first-order chi connectivity index (χ1) is 7.22. The Kier molecular flexibility index (Phi) is 3.72. The molecule has 1 aliphatic heterocycles. The van der Waals surface area contributed by atoms with E-state index in [1.165, 1.54) is 0 Å². The Bertz CT molecular complexity index is 361. The lowest BCUT2D eigenvalue weighted by molar-refractivity contribution is 0.0816. The first-order valence-corrected chi connectivity index (χ1v) is 5.15. The zero-order valence-electron chi connectivity index (χ0n) is 9.70. The number of hydrogen-bond acceptors (Lipinski definition) is 2. The Balaban J connectivity index is 0.000000531. The number of amides is 1. The van der Waals surface area contributed by atoms with Crippen molar-refractivity contribution in [2.24, 2.45) is 0 Å². The Labute approximate surface area is 90.7 Å². The van der Waals surface area contributed by atoms with Crippen molar-refractivity contribution < 1.29 is 9.53 Å². The summed E-state index contributed by atoms with van der Waals surface area (Å²) in [7, 11) is 3.43. The molecule has 15 heavy (non-hydrogen) atoms. The summed E-state index contributed by atoms with van der Waals surface area (Å²) in [5.74, 6) is 0.902. The van der Waals surface area contributed by atoms with Crippen molar-refractivity contribution in [3.05, 3.63) is 29.3 Å². The summed E-state index contributed by atoms with van der Waals surface area (Å²) < 4.78 is 5.08. The van der Waals surface area contributed by atoms with Gasteiger partial charge in [0.2, 0.25) is 0 Å². The van der Waals surface area contributed by atoms with Crippen molar-refractivity contribution >= 4 is 5.91 Å². The Hall–Kier alpha value is -1.51. The van der Waals surface area contributed by atoms with Crippen LogP contribution in [0.4, 0.5) is 0 Å². The summed E-state index contributed by atoms with van der Waals surface area (Å²) >= 11 is 0. The Morgan fingerprint density at radius 3 is 2.60 bits per heavy atom. The van der Waals surface area contributed by atoms with Gasteiger partial charge in [0.1, 0.15) is 5.75 Å². The normalized spacial score (nSPS) is 13.1. The van der Waals surface area contributed by atoms with E-state index in [1.807, 2.05) is 32.0 Å². The maximum atomic E-state index is 11.5. The maximum Gasteiger partial charge on any atom is 0.254 e. The Morgan fingerprint density at radius 2 is 2.00 bits per heavy atom. The van der Waals surface area contributed by atoms with E-state index in [0.717, 1.165) is 16.9 Å². The second kappa shape index (κ2) is 4.82. The topological polar surface area (TPSA) is 29.5 Å². The summed E-state index contributed by atoms with van der Waals surface area (Å²) in [6.45, 7) is 4.69. The molecular weight excluding hydrogens is 190 g/mol. The number of hydrogen-bond donors (Lipinski definition) is 0. The van der Waals surface area contributed by atoms with E-state index >= 15 is 0 Å². The SMILES string of the molecule is CC.COc1ccc2c(c1)CN(C)C2=O. The highest BCUT2D eigenvalue weighted by Gasteiger charge is 2.24. The van der Waals surface area contributed by atoms with Crippen LogP contribution in [0.5, 0.6) is 5.75 Å². The van der Waals surface area contributed by atoms with Gasteiger partial charge in [0.05, 0.1) is 7.11 Å². The number of carbonyl (C=O) groups is 1. The molecule has 0 N–H and O–H groups in total. The summed E-state index contributed by atoms with van der Waals surface area (Å²) in [4.78, 5) is 13.2. The zero-order valence-corrected chi connectivity index (χ0v) is 9.70. The average molecular weight is 207 g/mol. The fraction of sp³-hybridized carbons (Fsp3) is 0.417. The lowest BCUT2D eigenvalue weighted by Crippen LogP contribution is -2.17. The third-order valence-electron chi connectivity index (χ3n) is 2.30. The van der Waals surface area contributed by atoms with Crippen LogP contribution in [0.3, 0.4) is 0 Å². The number of rotatable bonds is 1. The van der Waals surface area contributed by atoms with Gasteiger partial charge in [0, 0.05) is 19.2 Å². The first-order valence-electron chi connectivity index (χ1n) is 5.15. The molecule has 3 nitrogen and oxygen atoms in total. The lowest BCUT2D eigenvalue weighted by atomic mass is 10.1. The van der Waals surface area contributed by atoms with Gasteiger partial charge in [-0.15, -0.1) is 0 Å². The molecule has 0 bridgehead atoms. The van der Waals surface area contributed by atoms with Gasteiger partial charge in [-0.2, -0.15) is 0 Å². The molecule has 0 fully saturated rings. The van der Waals surface area contributed by atoms with Crippen molar-refractivity contribution in [2.75, 3.05) is 14.2 Å². The van der Waals surface area contributed by atoms with Crippen LogP contribution < -0.4 is 4.74 Å². The van der Waals surface area contributed by atoms with Crippen molar-refractivity contribution in [1.82, 2.24) is 4.90 Å². The molecular formula is C12H17NO2. The monoisotopic (exact) mass is 207 g/mol. The maximum absolute atomic E-state index is 11.5. The van der Waals surface area contributed by atoms with Gasteiger partial charge in [-0.3, -0.25) is 4.79 Å². The molecule has 0 aromatic heterocycles. The minimum Gasteiger partial charge on any atom is -0.497 e. The fourth-order valence-electron chi connectivity index (χ4n) is 1.57. The molecule has 1 heterocycles. The number of methoxy groups -OCH3 is 1. The van der Waals surface area contributed by atoms with Crippen LogP contribution in [0.25, 0.3) is 0 Å². The van der Waals surface area contributed by atoms with E-state index in [2.05, 4.69) is 0 Å². The molecule has 0 saturated carbocycles. The third kappa shape index (κ3) is 2.12. The summed E-state index contributed by atoms with van der Waals surface area (Å²) in [6.07, 6.45) is 0. The highest BCUT2D eigenvalue weighted by atomic mass is 16.5. The van der Waals surface area contributed by atoms with Gasteiger partial charge in [0.15, 0.2) is 0 Å². The van der Waals surface area contributed by atoms with Crippen molar-refractivity contribution in [3.8, 4) is 5.75 Å². The molecule has 1 amide bonds. The second-order valence-electron chi connectivity index (χ2n) is 3.18. The number of ether oxygens (including phenoxy) is 1. The quantitative estimate of drug-likeness (QED) is 0.707. The van der Waals surface area contributed by atoms with E-state index in [9.17, 15) is 4.79 Å². The van der Waals surface area contributed by atoms with Gasteiger partial charge in [-0.1, -0.05) is 13.8 Å². The van der Waals surface area contributed by atoms with E-state index in [-0.39, 0.29) is 5.91 Å². The smallest absolute Gasteiger partial charge is 0.254 e. The molecule has 0 spiro atoms. The molecule has 1 aliphatic rings. The summed E-state index contributed by atoms with van der Waals surface area (Å²) in [5.41, 5.74) is 1.84. The van der Waals surface area contributed by atoms with Crippen LogP contribution >= 0.6 is 0 Å². The molecule has 0 saturated heterocycles. The van der Waals surface area contributed by atoms with Crippen LogP contribution in [-0.4, -0.2) is 25.0 Å². The van der Waals surface area contributed by atoms with E-state index in [4.69, 9.17) is 4.74 Å². The van der Waals surface area contributed by atoms with E-state index in [1.54, 1.807) is 19.1 Å². The van der Waals surface area contributed by atoms with E-state index in [0.29, 0.717) is 6.54 Å². The molecule has 0 unspecified atom stereocenters. The minimum atomic E-state index is 0.0950. The zero-order chi connectivity index (χ0) is 11.4. The van der Waals surface area contributed by atoms with Crippen molar-refractivity contribution in [1.29, 1.82) is 0 Å². The predicted molar refractivity (Wildman–Crippen MR) is 60.1 cm³/mol. The number of nitrogens with zero attached hydrogens (tertiary/aromatic N) is 1. The summed E-state index contributed by atoms with van der Waals surface area (Å²) in [6, 6.07) is 5.55. The van der Waals surface area contributed by atoms with Crippen molar-refractivity contribution in [2.45, 2.75) is 20.4 Å². The van der Waals surface area contributed by atoms with E-state index < -0.39 is 0 Å². The van der Waals surface area contributed by atoms with Crippen LogP contribution in [0, 0.1) is 0 Å². The largest absolute Gasteiger partial charge is 0.497 e. The highest BCUT2D eigenvalue weighted by Crippen LogP contribution is 2.25. The predicted octanol–water partition coefficient (Wildman–Crippen LogP) is 2.31. The molecule has 1 aromatic carbocycles. The average Bonchev–Trinajstić information content (AvgIpc) is 2.57. The van der Waals surface area contributed by atoms with Gasteiger partial charge < -0.3 is 9.64 Å². The number of carbonyl (C=O) groups excluding carboxylic acids is 1. The minimum absolute atomic E-state index is 0.0950. The van der Waals surface area contributed by atoms with Gasteiger partial charge >= 0.3 is 0 Å². The third-order valence-corrected chi connectivity index (χ3v) is 2.30. The molecule has 0 aliphatic carbocycles. The van der Waals surface area contributed by atoms with Crippen LogP contribution in [0.1, 0.15) is 29.8 Å². The van der Waals surface area contributed by atoms with Crippen LogP contribution in [-0.2, 0) is 6.54 Å². The standard InChI is InChI=1S/C10H11NO2.C2H6/c1-11-6-7-5-8(13-2)3-4-9(7)10(11)12;1-2/h3-5H,6H2,1-2H3;1-2H3. The number of benzene rings is 1. The summed E-state index contributed by atoms with van der Waals surface area (Å²) in [5, 5.41) is 0. The van der Waals surface area contributed by atoms with Gasteiger partial charge in [-0.25, -0.2) is 0 Å². The van der Waals surface area contributed by atoms with Gasteiger partial charge in [0.25, 0.3) is 5.91 Å². The lowest BCUT2D eigenvalue weighted by Gasteiger charge is -2.04. The Morgan fingerprint density at radius 1 is 1.33 bits per heavy atom. The van der Waals surface area contributed by atoms with Crippen molar-refractivity contribution in [3.63, 3.8) is 0 Å². The molecule has 3 heteroatoms. The highest BCUT2D eigenvalue weighted by molar-refractivity contribution is 5.98. The molecule has 82 valence electrons. The fourth-order valence-corrected chi connectivity index (χ4v) is 1.57. The molecule has 1 aromatic rings. The molecule has 2 rings (SSSR count). The second-order valence-corrected chi connectivity index (χ2v) is 3.18. The van der Waals surface area contributed by atoms with Crippen LogP contribution in [0.15, 0.2) is 18.2 Å². The first kappa shape index (κ1) is 11.6. The molecule has 0 radical (unpaired) electrons. The van der Waals surface area contributed by atoms with Crippen LogP contribution in [0.2, 0.25) is 0 Å². The number of fused-ring (bicyclic) bond motifs is 1.